The molecule has 0 bridgehead atoms. The van der Waals surface area contributed by atoms with E-state index in [4.69, 9.17) is 0 Å². The van der Waals surface area contributed by atoms with Gasteiger partial charge >= 0.3 is 10.5 Å². The predicted octanol–water partition coefficient (Wildman–Crippen LogP) is 1.75. The fourth-order valence-electron chi connectivity index (χ4n) is 1.13. The van der Waals surface area contributed by atoms with Crippen molar-refractivity contribution in [3.63, 3.8) is 0 Å². The van der Waals surface area contributed by atoms with E-state index in [9.17, 15) is 22.4 Å². The molecule has 0 unspecified atom stereocenters. The van der Waals surface area contributed by atoms with E-state index in [2.05, 4.69) is 4.18 Å². The Hall–Kier alpha value is -1.70. The molecule has 0 heterocycles. The molecule has 6 nitrogen and oxygen atoms in total. The Morgan fingerprint density at radius 2 is 2.12 bits per heavy atom. The zero-order valence-electron chi connectivity index (χ0n) is 8.21. The third kappa shape index (κ3) is 3.16. The molecule has 0 radical (unpaired) electrons. The molecule has 0 amide bonds. The minimum atomic E-state index is -5.17. The van der Waals surface area contributed by atoms with Gasteiger partial charge in [0.2, 0.25) is 0 Å². The third-order valence-electron chi connectivity index (χ3n) is 1.83. The summed E-state index contributed by atoms with van der Waals surface area (Å²) < 4.78 is 36.9. The number of non-ortho nitro benzene ring substituents is 1. The largest absolute Gasteiger partial charge is 0.488 e. The second-order valence-electron chi connectivity index (χ2n) is 2.88. The number of rotatable bonds is 4. The average molecular weight is 249 g/mol. The minimum Gasteiger partial charge on any atom is -0.358 e. The number of hydrogen-bond acceptors (Lipinski definition) is 5. The zero-order valence-corrected chi connectivity index (χ0v) is 9.03. The molecule has 88 valence electrons. The van der Waals surface area contributed by atoms with Crippen molar-refractivity contribution in [1.82, 2.24) is 0 Å². The van der Waals surface area contributed by atoms with Crippen molar-refractivity contribution in [2.45, 2.75) is 13.3 Å². The molecule has 0 aliphatic heterocycles. The van der Waals surface area contributed by atoms with Gasteiger partial charge in [0, 0.05) is 6.07 Å². The smallest absolute Gasteiger partial charge is 0.358 e. The molecule has 0 saturated heterocycles. The fourth-order valence-corrected chi connectivity index (χ4v) is 1.50. The summed E-state index contributed by atoms with van der Waals surface area (Å²) >= 11 is 0. The van der Waals surface area contributed by atoms with Crippen molar-refractivity contribution in [3.05, 3.63) is 33.9 Å². The van der Waals surface area contributed by atoms with Crippen molar-refractivity contribution in [3.8, 4) is 5.75 Å². The number of nitrogens with zero attached hydrogens (tertiary/aromatic N) is 1. The van der Waals surface area contributed by atoms with Crippen LogP contribution in [0.5, 0.6) is 5.75 Å². The van der Waals surface area contributed by atoms with Gasteiger partial charge in [-0.25, -0.2) is 0 Å². The highest BCUT2D eigenvalue weighted by molar-refractivity contribution is 7.81. The van der Waals surface area contributed by atoms with Crippen molar-refractivity contribution in [2.24, 2.45) is 0 Å². The van der Waals surface area contributed by atoms with E-state index < -0.39 is 15.4 Å². The van der Waals surface area contributed by atoms with Crippen molar-refractivity contribution in [2.75, 3.05) is 0 Å². The maximum absolute atomic E-state index is 12.3. The molecule has 1 aromatic carbocycles. The Bertz CT molecular complexity index is 513. The number of benzene rings is 1. The van der Waals surface area contributed by atoms with Crippen molar-refractivity contribution in [1.29, 1.82) is 0 Å². The molecule has 0 aliphatic carbocycles. The molecule has 0 fully saturated rings. The van der Waals surface area contributed by atoms with Crippen LogP contribution in [0.25, 0.3) is 0 Å². The molecule has 0 aliphatic rings. The quantitative estimate of drug-likeness (QED) is 0.461. The first-order valence-electron chi connectivity index (χ1n) is 4.25. The summed E-state index contributed by atoms with van der Waals surface area (Å²) in [5.41, 5.74) is 0.00248. The van der Waals surface area contributed by atoms with Crippen LogP contribution in [0.2, 0.25) is 0 Å². The molecular formula is C8H8FNO5S. The summed E-state index contributed by atoms with van der Waals surface area (Å²) in [5.74, 6) is -0.362. The molecule has 0 spiro atoms. The first-order valence-corrected chi connectivity index (χ1v) is 5.55. The normalized spacial score (nSPS) is 11.1. The van der Waals surface area contributed by atoms with E-state index >= 15 is 0 Å². The first-order chi connectivity index (χ1) is 7.33. The van der Waals surface area contributed by atoms with Gasteiger partial charge in [0.05, 0.1) is 11.0 Å². The summed E-state index contributed by atoms with van der Waals surface area (Å²) in [6, 6.07) is 3.38. The van der Waals surface area contributed by atoms with E-state index in [1.807, 2.05) is 0 Å². The van der Waals surface area contributed by atoms with Gasteiger partial charge in [-0.1, -0.05) is 10.8 Å². The highest BCUT2D eigenvalue weighted by Crippen LogP contribution is 2.26. The molecule has 0 N–H and O–H groups in total. The molecule has 1 rings (SSSR count). The zero-order chi connectivity index (χ0) is 12.3. The van der Waals surface area contributed by atoms with E-state index in [0.717, 1.165) is 6.07 Å². The Balaban J connectivity index is 3.22. The van der Waals surface area contributed by atoms with E-state index in [1.165, 1.54) is 12.1 Å². The van der Waals surface area contributed by atoms with Crippen LogP contribution in [-0.4, -0.2) is 13.3 Å². The SMILES string of the molecule is CCc1ccc([N+](=O)[O-])cc1OS(=O)(=O)F. The second-order valence-corrected chi connectivity index (χ2v) is 3.83. The molecule has 0 saturated carbocycles. The Labute approximate surface area is 91.2 Å². The summed E-state index contributed by atoms with van der Waals surface area (Å²) in [5, 5.41) is 10.4. The Kier molecular flexibility index (Phi) is 3.43. The summed E-state index contributed by atoms with van der Waals surface area (Å²) in [7, 11) is -5.17. The van der Waals surface area contributed by atoms with Gasteiger partial charge in [0.15, 0.2) is 5.75 Å². The highest BCUT2D eigenvalue weighted by Gasteiger charge is 2.16. The van der Waals surface area contributed by atoms with Crippen LogP contribution in [0.1, 0.15) is 12.5 Å². The van der Waals surface area contributed by atoms with Crippen molar-refractivity contribution < 1.29 is 21.4 Å². The lowest BCUT2D eigenvalue weighted by atomic mass is 10.1. The van der Waals surface area contributed by atoms with Gasteiger partial charge in [-0.15, -0.1) is 0 Å². The molecule has 16 heavy (non-hydrogen) atoms. The molecular weight excluding hydrogens is 241 g/mol. The lowest BCUT2D eigenvalue weighted by Crippen LogP contribution is -2.04. The fraction of sp³-hybridized carbons (Fsp3) is 0.250. The number of nitro benzene ring substituents is 1. The standard InChI is InChI=1S/C8H8FNO5S/c1-2-6-3-4-7(10(11)12)5-8(6)15-16(9,13)14/h3-5H,2H2,1H3. The monoisotopic (exact) mass is 249 g/mol. The molecule has 8 heteroatoms. The highest BCUT2D eigenvalue weighted by atomic mass is 32.3. The topological polar surface area (TPSA) is 86.5 Å². The lowest BCUT2D eigenvalue weighted by molar-refractivity contribution is -0.384. The van der Waals surface area contributed by atoms with Crippen LogP contribution in [0.4, 0.5) is 9.57 Å². The van der Waals surface area contributed by atoms with Crippen LogP contribution in [0.3, 0.4) is 0 Å². The van der Waals surface area contributed by atoms with Gasteiger partial charge in [-0.3, -0.25) is 10.1 Å². The van der Waals surface area contributed by atoms with E-state index in [1.54, 1.807) is 6.92 Å². The summed E-state index contributed by atoms with van der Waals surface area (Å²) in [6.07, 6.45) is 0.364. The number of aryl methyl sites for hydroxylation is 1. The maximum Gasteiger partial charge on any atom is 0.488 e. The third-order valence-corrected chi connectivity index (χ3v) is 2.21. The average Bonchev–Trinajstić information content (AvgIpc) is 2.15. The Morgan fingerprint density at radius 1 is 1.50 bits per heavy atom. The lowest BCUT2D eigenvalue weighted by Gasteiger charge is -2.05. The van der Waals surface area contributed by atoms with Crippen molar-refractivity contribution >= 4 is 16.2 Å². The second kappa shape index (κ2) is 4.44. The number of nitro groups is 1. The molecule has 0 aromatic heterocycles. The molecule has 0 atom stereocenters. The van der Waals surface area contributed by atoms with Gasteiger partial charge in [0.1, 0.15) is 0 Å². The van der Waals surface area contributed by atoms with Gasteiger partial charge in [-0.2, -0.15) is 8.42 Å². The number of hydrogen-bond donors (Lipinski definition) is 0. The van der Waals surface area contributed by atoms with Crippen LogP contribution in [0, 0.1) is 10.1 Å². The van der Waals surface area contributed by atoms with Crippen LogP contribution >= 0.6 is 0 Å². The maximum atomic E-state index is 12.3. The Morgan fingerprint density at radius 3 is 2.56 bits per heavy atom. The van der Waals surface area contributed by atoms with Crippen LogP contribution < -0.4 is 4.18 Å². The summed E-state index contributed by atoms with van der Waals surface area (Å²) in [6.45, 7) is 1.68. The van der Waals surface area contributed by atoms with Gasteiger partial charge in [0.25, 0.3) is 5.69 Å². The van der Waals surface area contributed by atoms with Crippen LogP contribution in [0.15, 0.2) is 18.2 Å². The summed E-state index contributed by atoms with van der Waals surface area (Å²) in [4.78, 5) is 9.70. The minimum absolute atomic E-state index is 0.362. The van der Waals surface area contributed by atoms with E-state index in [-0.39, 0.29) is 11.4 Å². The first kappa shape index (κ1) is 12.4. The predicted molar refractivity (Wildman–Crippen MR) is 53.1 cm³/mol. The van der Waals surface area contributed by atoms with Gasteiger partial charge < -0.3 is 4.18 Å². The van der Waals surface area contributed by atoms with Crippen LogP contribution in [-0.2, 0) is 16.9 Å². The number of halogens is 1. The van der Waals surface area contributed by atoms with Gasteiger partial charge in [-0.05, 0) is 18.1 Å². The van der Waals surface area contributed by atoms with E-state index in [0.29, 0.717) is 12.0 Å². The molecule has 1 aromatic rings.